The van der Waals surface area contributed by atoms with Crippen molar-refractivity contribution in [2.45, 2.75) is 26.3 Å². The molecule has 78 valence electrons. The summed E-state index contributed by atoms with van der Waals surface area (Å²) in [5, 5.41) is 9.91. The summed E-state index contributed by atoms with van der Waals surface area (Å²) in [6, 6.07) is -0.284. The Morgan fingerprint density at radius 2 is 2.29 bits per heavy atom. The number of hydrogen-bond donors (Lipinski definition) is 2. The second-order valence-electron chi connectivity index (χ2n) is 2.79. The summed E-state index contributed by atoms with van der Waals surface area (Å²) >= 11 is 0. The Labute approximate surface area is 81.8 Å². The summed E-state index contributed by atoms with van der Waals surface area (Å²) in [7, 11) is 0. The first-order valence-corrected chi connectivity index (χ1v) is 4.54. The van der Waals surface area contributed by atoms with Gasteiger partial charge in [0.05, 0.1) is 12.6 Å². The Bertz CT molecular complexity index is 310. The average molecular weight is 198 g/mol. The van der Waals surface area contributed by atoms with Crippen molar-refractivity contribution in [3.63, 3.8) is 0 Å². The van der Waals surface area contributed by atoms with E-state index in [1.54, 1.807) is 6.92 Å². The van der Waals surface area contributed by atoms with Crippen LogP contribution < -0.4 is 5.73 Å². The monoisotopic (exact) mass is 198 g/mol. The lowest BCUT2D eigenvalue weighted by molar-refractivity contribution is 0.0517. The molecule has 1 atom stereocenters. The van der Waals surface area contributed by atoms with Gasteiger partial charge >= 0.3 is 5.97 Å². The quantitative estimate of drug-likeness (QED) is 0.682. The molecule has 3 N–H and O–H groups in total. The molecule has 6 heteroatoms. The molecule has 1 heterocycles. The first kappa shape index (κ1) is 10.6. The van der Waals surface area contributed by atoms with Crippen LogP contribution in [-0.2, 0) is 4.74 Å². The Kier molecular flexibility index (Phi) is 3.58. The van der Waals surface area contributed by atoms with Crippen molar-refractivity contribution >= 4 is 5.97 Å². The Morgan fingerprint density at radius 3 is 2.86 bits per heavy atom. The highest BCUT2D eigenvalue weighted by atomic mass is 16.5. The van der Waals surface area contributed by atoms with Gasteiger partial charge in [-0.05, 0) is 13.3 Å². The van der Waals surface area contributed by atoms with Gasteiger partial charge < -0.3 is 10.5 Å². The van der Waals surface area contributed by atoms with E-state index in [2.05, 4.69) is 15.4 Å². The number of hydrogen-bond acceptors (Lipinski definition) is 5. The highest BCUT2D eigenvalue weighted by Gasteiger charge is 2.21. The Balaban J connectivity index is 2.86. The number of aromatic amines is 1. The van der Waals surface area contributed by atoms with E-state index >= 15 is 0 Å². The van der Waals surface area contributed by atoms with Gasteiger partial charge in [0.1, 0.15) is 5.69 Å². The number of carbonyl (C=O) groups is 1. The molecule has 1 aromatic heterocycles. The molecule has 0 saturated heterocycles. The van der Waals surface area contributed by atoms with Crippen LogP contribution in [0, 0.1) is 0 Å². The summed E-state index contributed by atoms with van der Waals surface area (Å²) in [5.41, 5.74) is 6.39. The van der Waals surface area contributed by atoms with Crippen molar-refractivity contribution < 1.29 is 9.53 Å². The van der Waals surface area contributed by atoms with E-state index in [0.717, 1.165) is 0 Å². The first-order valence-electron chi connectivity index (χ1n) is 4.54. The normalized spacial score (nSPS) is 12.5. The van der Waals surface area contributed by atoms with Gasteiger partial charge in [-0.3, -0.25) is 0 Å². The van der Waals surface area contributed by atoms with Gasteiger partial charge in [-0.1, -0.05) is 6.92 Å². The Hall–Kier alpha value is -1.43. The fraction of sp³-hybridized carbons (Fsp3) is 0.625. The number of ether oxygens (including phenoxy) is 1. The molecule has 0 aromatic carbocycles. The van der Waals surface area contributed by atoms with Crippen LogP contribution in [0.1, 0.15) is 42.5 Å². The van der Waals surface area contributed by atoms with E-state index in [4.69, 9.17) is 10.5 Å². The number of nitrogens with zero attached hydrogens (tertiary/aromatic N) is 2. The van der Waals surface area contributed by atoms with Crippen LogP contribution in [0.5, 0.6) is 0 Å². The second kappa shape index (κ2) is 4.71. The van der Waals surface area contributed by atoms with E-state index in [9.17, 15) is 4.79 Å². The molecule has 0 saturated carbocycles. The highest BCUT2D eigenvalue weighted by Crippen LogP contribution is 2.14. The maximum Gasteiger partial charge on any atom is 0.360 e. The van der Waals surface area contributed by atoms with Crippen molar-refractivity contribution in [3.8, 4) is 0 Å². The van der Waals surface area contributed by atoms with Crippen molar-refractivity contribution in [1.82, 2.24) is 15.4 Å². The lowest BCUT2D eigenvalue weighted by Gasteiger charge is -2.05. The van der Waals surface area contributed by atoms with Crippen molar-refractivity contribution in [2.24, 2.45) is 5.73 Å². The zero-order valence-electron chi connectivity index (χ0n) is 8.28. The molecule has 1 rings (SSSR count). The predicted octanol–water partition coefficient (Wildman–Crippen LogP) is 0.391. The van der Waals surface area contributed by atoms with Crippen LogP contribution in [0.2, 0.25) is 0 Å². The van der Waals surface area contributed by atoms with Gasteiger partial charge in [-0.15, -0.1) is 5.10 Å². The number of nitrogens with two attached hydrogens (primary N) is 1. The second-order valence-corrected chi connectivity index (χ2v) is 2.79. The third kappa shape index (κ3) is 2.08. The molecule has 1 aromatic rings. The molecule has 14 heavy (non-hydrogen) atoms. The molecule has 0 aliphatic carbocycles. The van der Waals surface area contributed by atoms with Crippen LogP contribution in [0.25, 0.3) is 0 Å². The minimum atomic E-state index is -0.486. The van der Waals surface area contributed by atoms with E-state index in [1.807, 2.05) is 6.92 Å². The topological polar surface area (TPSA) is 93.9 Å². The number of carbonyl (C=O) groups excluding carboxylic acids is 1. The fourth-order valence-corrected chi connectivity index (χ4v) is 1.04. The maximum absolute atomic E-state index is 11.3. The van der Waals surface area contributed by atoms with Crippen LogP contribution in [-0.4, -0.2) is 28.0 Å². The summed E-state index contributed by atoms with van der Waals surface area (Å²) in [6.45, 7) is 3.96. The molecular formula is C8H14N4O2. The van der Waals surface area contributed by atoms with Crippen LogP contribution in [0.4, 0.5) is 0 Å². The highest BCUT2D eigenvalue weighted by molar-refractivity contribution is 5.88. The molecule has 0 spiro atoms. The molecular weight excluding hydrogens is 184 g/mol. The van der Waals surface area contributed by atoms with Crippen molar-refractivity contribution in [3.05, 3.63) is 11.4 Å². The van der Waals surface area contributed by atoms with Gasteiger partial charge in [0.25, 0.3) is 0 Å². The van der Waals surface area contributed by atoms with E-state index in [0.29, 0.717) is 18.7 Å². The van der Waals surface area contributed by atoms with E-state index < -0.39 is 5.97 Å². The van der Waals surface area contributed by atoms with Gasteiger partial charge in [-0.2, -0.15) is 10.3 Å². The summed E-state index contributed by atoms with van der Waals surface area (Å²) in [5.74, 6) is -0.486. The molecule has 1 unspecified atom stereocenters. The number of esters is 1. The zero-order chi connectivity index (χ0) is 10.6. The lowest BCUT2D eigenvalue weighted by atomic mass is 10.1. The Morgan fingerprint density at radius 1 is 1.57 bits per heavy atom. The number of nitrogens with one attached hydrogen (secondary N) is 1. The van der Waals surface area contributed by atoms with Gasteiger partial charge in [-0.25, -0.2) is 4.79 Å². The van der Waals surface area contributed by atoms with Gasteiger partial charge in [0.15, 0.2) is 5.69 Å². The summed E-state index contributed by atoms with van der Waals surface area (Å²) < 4.78 is 4.80. The van der Waals surface area contributed by atoms with Gasteiger partial charge in [0.2, 0.25) is 0 Å². The summed E-state index contributed by atoms with van der Waals surface area (Å²) in [4.78, 5) is 11.3. The molecule has 0 aliphatic rings. The number of rotatable bonds is 4. The SMILES string of the molecule is CCOC(=O)c1n[nH]nc1C(N)CC. The lowest BCUT2D eigenvalue weighted by Crippen LogP contribution is -2.15. The van der Waals surface area contributed by atoms with Crippen LogP contribution in [0.3, 0.4) is 0 Å². The molecule has 0 bridgehead atoms. The van der Waals surface area contributed by atoms with Crippen LogP contribution in [0.15, 0.2) is 0 Å². The number of aromatic nitrogens is 3. The maximum atomic E-state index is 11.3. The van der Waals surface area contributed by atoms with E-state index in [1.165, 1.54) is 0 Å². The minimum absolute atomic E-state index is 0.182. The third-order valence-electron chi connectivity index (χ3n) is 1.83. The largest absolute Gasteiger partial charge is 0.461 e. The fourth-order valence-electron chi connectivity index (χ4n) is 1.04. The molecule has 0 fully saturated rings. The molecule has 0 radical (unpaired) electrons. The standard InChI is InChI=1S/C8H14N4O2/c1-3-5(9)6-7(11-12-10-6)8(13)14-4-2/h5H,3-4,9H2,1-2H3,(H,10,11,12). The minimum Gasteiger partial charge on any atom is -0.461 e. The third-order valence-corrected chi connectivity index (χ3v) is 1.83. The number of H-pyrrole nitrogens is 1. The van der Waals surface area contributed by atoms with Crippen molar-refractivity contribution in [2.75, 3.05) is 6.61 Å². The first-order chi connectivity index (χ1) is 6.70. The smallest absolute Gasteiger partial charge is 0.360 e. The van der Waals surface area contributed by atoms with E-state index in [-0.39, 0.29) is 11.7 Å². The molecule has 0 amide bonds. The summed E-state index contributed by atoms with van der Waals surface area (Å²) in [6.07, 6.45) is 0.693. The zero-order valence-corrected chi connectivity index (χ0v) is 8.28. The predicted molar refractivity (Wildman–Crippen MR) is 49.6 cm³/mol. The van der Waals surface area contributed by atoms with Crippen molar-refractivity contribution in [1.29, 1.82) is 0 Å². The van der Waals surface area contributed by atoms with Crippen LogP contribution >= 0.6 is 0 Å². The average Bonchev–Trinajstić information content (AvgIpc) is 2.65. The molecule has 6 nitrogen and oxygen atoms in total. The van der Waals surface area contributed by atoms with Gasteiger partial charge in [0, 0.05) is 0 Å². The molecule has 0 aliphatic heterocycles.